The van der Waals surface area contributed by atoms with E-state index in [-0.39, 0.29) is 11.8 Å². The number of aliphatic hydroxyl groups is 1. The van der Waals surface area contributed by atoms with Crippen molar-refractivity contribution in [1.29, 1.82) is 0 Å². The third-order valence-corrected chi connectivity index (χ3v) is 5.28. The van der Waals surface area contributed by atoms with Gasteiger partial charge >= 0.3 is 0 Å². The van der Waals surface area contributed by atoms with Gasteiger partial charge in [0.05, 0.1) is 6.04 Å². The first-order chi connectivity index (χ1) is 9.77. The lowest BCUT2D eigenvalue weighted by Crippen LogP contribution is -2.51. The van der Waals surface area contributed by atoms with E-state index in [0.717, 1.165) is 5.75 Å². The van der Waals surface area contributed by atoms with Crippen molar-refractivity contribution in [3.63, 3.8) is 0 Å². The van der Waals surface area contributed by atoms with Crippen LogP contribution in [0.5, 0.6) is 0 Å². The highest BCUT2D eigenvalue weighted by Gasteiger charge is 2.29. The molecule has 21 heavy (non-hydrogen) atoms. The molecule has 0 saturated heterocycles. The molecular formula is C13H26N2O4S2. The predicted octanol–water partition coefficient (Wildman–Crippen LogP) is 1.05. The van der Waals surface area contributed by atoms with Gasteiger partial charge in [-0.3, -0.25) is 9.59 Å². The Balaban J connectivity index is 4.57. The molecule has 0 aromatic heterocycles. The largest absolute Gasteiger partial charge is 0.366 e. The highest BCUT2D eigenvalue weighted by Crippen LogP contribution is 2.18. The molecule has 0 aromatic rings. The lowest BCUT2D eigenvalue weighted by molar-refractivity contribution is -0.155. The zero-order valence-electron chi connectivity index (χ0n) is 13.5. The molecule has 0 aliphatic heterocycles. The molecule has 3 atom stereocenters. The van der Waals surface area contributed by atoms with Crippen molar-refractivity contribution in [2.24, 2.45) is 0 Å². The second-order valence-electron chi connectivity index (χ2n) is 4.74. The van der Waals surface area contributed by atoms with E-state index in [1.165, 1.54) is 16.9 Å². The molecule has 124 valence electrons. The fourth-order valence-corrected chi connectivity index (χ4v) is 2.83. The third kappa shape index (κ3) is 6.46. The number of rotatable bonds is 9. The van der Waals surface area contributed by atoms with E-state index in [0.29, 0.717) is 6.42 Å². The predicted molar refractivity (Wildman–Crippen MR) is 88.1 cm³/mol. The molecule has 6 nitrogen and oxygen atoms in total. The highest BCUT2D eigenvalue weighted by molar-refractivity contribution is 8.76. The quantitative estimate of drug-likeness (QED) is 0.385. The molecule has 0 spiro atoms. The molecule has 0 fully saturated rings. The minimum absolute atomic E-state index is 0.0641. The zero-order chi connectivity index (χ0) is 16.6. The number of hydrogen-bond donors (Lipinski definition) is 1. The summed E-state index contributed by atoms with van der Waals surface area (Å²) in [7, 11) is 7.82. The molecule has 0 rings (SSSR count). The normalized spacial score (nSPS) is 15.2. The number of nitrogens with zero attached hydrogens (tertiary/aromatic N) is 2. The number of aliphatic hydroxyl groups excluding tert-OH is 1. The van der Waals surface area contributed by atoms with Gasteiger partial charge in [0.25, 0.3) is 0 Å². The van der Waals surface area contributed by atoms with Crippen molar-refractivity contribution in [2.75, 3.05) is 33.2 Å². The maximum Gasteiger partial charge on any atom is 0.245 e. The molecule has 0 aliphatic carbocycles. The molecule has 0 heterocycles. The Morgan fingerprint density at radius 3 is 2.29 bits per heavy atom. The number of ether oxygens (including phenoxy) is 1. The molecule has 8 heteroatoms. The van der Waals surface area contributed by atoms with E-state index < -0.39 is 18.4 Å². The number of hydrogen-bond acceptors (Lipinski definition) is 6. The molecule has 1 N–H and O–H groups in total. The van der Waals surface area contributed by atoms with E-state index in [1.54, 1.807) is 49.5 Å². The maximum atomic E-state index is 12.3. The molecule has 0 saturated carbocycles. The van der Waals surface area contributed by atoms with E-state index in [4.69, 9.17) is 4.74 Å². The number of methoxy groups -OCH3 is 1. The Morgan fingerprint density at radius 2 is 1.81 bits per heavy atom. The topological polar surface area (TPSA) is 70.1 Å². The van der Waals surface area contributed by atoms with Gasteiger partial charge in [-0.2, -0.15) is 0 Å². The number of amides is 2. The number of likely N-dealkylation sites (N-methyl/N-ethyl adjacent to an activating group) is 2. The molecule has 2 amide bonds. The number of carbonyl (C=O) groups excluding carboxylic acids is 2. The molecule has 3 unspecified atom stereocenters. The average molecular weight is 338 g/mol. The molecule has 0 bridgehead atoms. The minimum atomic E-state index is -1.05. The first kappa shape index (κ1) is 20.6. The third-order valence-electron chi connectivity index (χ3n) is 3.46. The van der Waals surface area contributed by atoms with Crippen molar-refractivity contribution >= 4 is 33.4 Å². The number of carbonyl (C=O) groups is 2. The molecule has 0 radical (unpaired) electrons. The average Bonchev–Trinajstić information content (AvgIpc) is 2.50. The summed E-state index contributed by atoms with van der Waals surface area (Å²) in [5, 5.41) is 9.62. The van der Waals surface area contributed by atoms with Gasteiger partial charge in [-0.15, -0.1) is 0 Å². The van der Waals surface area contributed by atoms with Crippen LogP contribution in [0.15, 0.2) is 0 Å². The summed E-state index contributed by atoms with van der Waals surface area (Å²) >= 11 is 0. The Hall–Kier alpha value is -0.440. The van der Waals surface area contributed by atoms with Crippen molar-refractivity contribution in [3.8, 4) is 0 Å². The van der Waals surface area contributed by atoms with Gasteiger partial charge < -0.3 is 19.6 Å². The lowest BCUT2D eigenvalue weighted by atomic mass is 10.2. The van der Waals surface area contributed by atoms with Crippen molar-refractivity contribution < 1.29 is 19.4 Å². The van der Waals surface area contributed by atoms with Gasteiger partial charge in [0, 0.05) is 33.4 Å². The van der Waals surface area contributed by atoms with Crippen LogP contribution in [0.25, 0.3) is 0 Å². The van der Waals surface area contributed by atoms with Crippen LogP contribution in [0.4, 0.5) is 0 Å². The van der Waals surface area contributed by atoms with Gasteiger partial charge in [-0.25, -0.2) is 0 Å². The SMILES string of the molecule is COC(O)C(C)N(C)C(=O)C(C)N(C)C(=O)CCSSC. The molecular weight excluding hydrogens is 312 g/mol. The Labute approximate surface area is 135 Å². The monoisotopic (exact) mass is 338 g/mol. The van der Waals surface area contributed by atoms with Crippen molar-refractivity contribution in [3.05, 3.63) is 0 Å². The van der Waals surface area contributed by atoms with E-state index in [9.17, 15) is 14.7 Å². The minimum Gasteiger partial charge on any atom is -0.366 e. The fraction of sp³-hybridized carbons (Fsp3) is 0.846. The first-order valence-electron chi connectivity index (χ1n) is 6.66. The Kier molecular flexibility index (Phi) is 10.1. The first-order valence-corrected chi connectivity index (χ1v) is 9.39. The second-order valence-corrected chi connectivity index (χ2v) is 7.42. The van der Waals surface area contributed by atoms with Gasteiger partial charge in [0.15, 0.2) is 6.29 Å². The van der Waals surface area contributed by atoms with E-state index in [2.05, 4.69) is 0 Å². The van der Waals surface area contributed by atoms with E-state index in [1.807, 2.05) is 6.26 Å². The van der Waals surface area contributed by atoms with E-state index >= 15 is 0 Å². The van der Waals surface area contributed by atoms with Crippen molar-refractivity contribution in [1.82, 2.24) is 9.80 Å². The lowest BCUT2D eigenvalue weighted by Gasteiger charge is -2.33. The Morgan fingerprint density at radius 1 is 1.24 bits per heavy atom. The summed E-state index contributed by atoms with van der Waals surface area (Å²) in [6.45, 7) is 3.38. The summed E-state index contributed by atoms with van der Waals surface area (Å²) in [6, 6.07) is -1.06. The van der Waals surface area contributed by atoms with Crippen LogP contribution < -0.4 is 0 Å². The van der Waals surface area contributed by atoms with Crippen LogP contribution in [0, 0.1) is 0 Å². The zero-order valence-corrected chi connectivity index (χ0v) is 15.2. The van der Waals surface area contributed by atoms with Crippen LogP contribution in [0.2, 0.25) is 0 Å². The summed E-state index contributed by atoms with van der Waals surface area (Å²) in [5.41, 5.74) is 0. The summed E-state index contributed by atoms with van der Waals surface area (Å²) < 4.78 is 4.81. The van der Waals surface area contributed by atoms with Crippen LogP contribution in [-0.4, -0.2) is 78.3 Å². The van der Waals surface area contributed by atoms with Gasteiger partial charge in [-0.05, 0) is 20.1 Å². The van der Waals surface area contributed by atoms with Gasteiger partial charge in [0.2, 0.25) is 11.8 Å². The highest BCUT2D eigenvalue weighted by atomic mass is 33.1. The van der Waals surface area contributed by atoms with Crippen LogP contribution in [-0.2, 0) is 14.3 Å². The molecule has 0 aliphatic rings. The molecule has 0 aromatic carbocycles. The van der Waals surface area contributed by atoms with Crippen molar-refractivity contribution in [2.45, 2.75) is 38.6 Å². The summed E-state index contributed by atoms with van der Waals surface area (Å²) in [5.74, 6) is 0.428. The second kappa shape index (κ2) is 10.3. The van der Waals surface area contributed by atoms with Crippen LogP contribution in [0.1, 0.15) is 20.3 Å². The van der Waals surface area contributed by atoms with Gasteiger partial charge in [-0.1, -0.05) is 21.6 Å². The Bertz CT molecular complexity index is 344. The summed E-state index contributed by atoms with van der Waals surface area (Å²) in [6.07, 6.45) is 1.31. The summed E-state index contributed by atoms with van der Waals surface area (Å²) in [4.78, 5) is 27.2. The van der Waals surface area contributed by atoms with Crippen LogP contribution >= 0.6 is 21.6 Å². The smallest absolute Gasteiger partial charge is 0.245 e. The van der Waals surface area contributed by atoms with Crippen LogP contribution in [0.3, 0.4) is 0 Å². The standard InChI is InChI=1S/C13H26N2O4S2/c1-9(14(3)11(16)7-8-21-20-6)12(17)15(4)10(2)13(18)19-5/h9-10,13,18H,7-8H2,1-6H3. The fourth-order valence-electron chi connectivity index (χ4n) is 1.65. The van der Waals surface area contributed by atoms with Gasteiger partial charge in [0.1, 0.15) is 6.04 Å². The maximum absolute atomic E-state index is 12.3.